The van der Waals surface area contributed by atoms with Crippen LogP contribution in [0.4, 0.5) is 8.78 Å². The highest BCUT2D eigenvalue weighted by atomic mass is 19.1. The van der Waals surface area contributed by atoms with Crippen molar-refractivity contribution in [1.29, 1.82) is 0 Å². The molecule has 0 radical (unpaired) electrons. The average Bonchev–Trinajstić information content (AvgIpc) is 2.99. The highest BCUT2D eigenvalue weighted by Crippen LogP contribution is 2.27. The molecular formula is C35H49F2N3O4. The standard InChI is InChI=1S/C35H49F2N3O4/c1-4-15-40(16-5-2)35(44)28-18-24(3)17-27(22-28)34(43)39-31(21-26-19-29(36)23-30(37)20-26)32(41)13-14-38-33(42)12-11-25-9-7-6-8-10-25/h17-20,22-23,25,31-32,41H,4-16,21H2,1-3H3,(H,38,42)(H,39,43)/t31-,32-/m0/s1. The third-order valence-corrected chi connectivity index (χ3v) is 8.29. The van der Waals surface area contributed by atoms with Crippen LogP contribution >= 0.6 is 0 Å². The van der Waals surface area contributed by atoms with Crippen LogP contribution in [0.25, 0.3) is 0 Å². The van der Waals surface area contributed by atoms with E-state index in [1.54, 1.807) is 30.0 Å². The van der Waals surface area contributed by atoms with Gasteiger partial charge < -0.3 is 20.6 Å². The van der Waals surface area contributed by atoms with Crippen molar-refractivity contribution in [3.05, 3.63) is 70.3 Å². The van der Waals surface area contributed by atoms with Gasteiger partial charge in [0.1, 0.15) is 11.6 Å². The summed E-state index contributed by atoms with van der Waals surface area (Å²) in [4.78, 5) is 40.9. The molecule has 3 amide bonds. The summed E-state index contributed by atoms with van der Waals surface area (Å²) in [5, 5.41) is 16.8. The van der Waals surface area contributed by atoms with Crippen molar-refractivity contribution in [3.8, 4) is 0 Å². The van der Waals surface area contributed by atoms with E-state index in [0.29, 0.717) is 31.0 Å². The third kappa shape index (κ3) is 11.3. The average molecular weight is 614 g/mol. The number of carbonyl (C=O) groups is 3. The molecule has 0 saturated heterocycles. The van der Waals surface area contributed by atoms with Crippen LogP contribution in [-0.4, -0.2) is 59.5 Å². The van der Waals surface area contributed by atoms with Crippen LogP contribution in [0.15, 0.2) is 36.4 Å². The van der Waals surface area contributed by atoms with E-state index in [4.69, 9.17) is 0 Å². The van der Waals surface area contributed by atoms with Crippen LogP contribution in [-0.2, 0) is 11.2 Å². The number of hydrogen-bond donors (Lipinski definition) is 3. The first-order chi connectivity index (χ1) is 21.1. The van der Waals surface area contributed by atoms with Crippen molar-refractivity contribution in [2.75, 3.05) is 19.6 Å². The molecule has 0 unspecified atom stereocenters. The normalized spacial score (nSPS) is 15.0. The molecule has 3 N–H and O–H groups in total. The van der Waals surface area contributed by atoms with Crippen LogP contribution < -0.4 is 10.6 Å². The van der Waals surface area contributed by atoms with Crippen molar-refractivity contribution >= 4 is 17.7 Å². The highest BCUT2D eigenvalue weighted by Gasteiger charge is 2.25. The summed E-state index contributed by atoms with van der Waals surface area (Å²) < 4.78 is 27.9. The Hall–Kier alpha value is -3.33. The molecule has 1 fully saturated rings. The molecule has 0 spiro atoms. The molecule has 7 nitrogen and oxygen atoms in total. The van der Waals surface area contributed by atoms with Crippen LogP contribution in [0.3, 0.4) is 0 Å². The summed E-state index contributed by atoms with van der Waals surface area (Å²) in [5.74, 6) is -1.67. The van der Waals surface area contributed by atoms with Gasteiger partial charge in [0.05, 0.1) is 12.1 Å². The second-order valence-corrected chi connectivity index (χ2v) is 12.2. The van der Waals surface area contributed by atoms with Gasteiger partial charge in [0.25, 0.3) is 11.8 Å². The lowest BCUT2D eigenvalue weighted by molar-refractivity contribution is -0.121. The predicted octanol–water partition coefficient (Wildman–Crippen LogP) is 6.10. The van der Waals surface area contributed by atoms with Gasteiger partial charge in [-0.05, 0) is 86.4 Å². The maximum absolute atomic E-state index is 14.0. The van der Waals surface area contributed by atoms with Gasteiger partial charge in [-0.3, -0.25) is 14.4 Å². The highest BCUT2D eigenvalue weighted by molar-refractivity contribution is 6.00. The van der Waals surface area contributed by atoms with E-state index in [-0.39, 0.29) is 42.3 Å². The van der Waals surface area contributed by atoms with Crippen molar-refractivity contribution in [1.82, 2.24) is 15.5 Å². The largest absolute Gasteiger partial charge is 0.391 e. The number of nitrogens with one attached hydrogen (secondary N) is 2. The Balaban J connectivity index is 1.70. The Morgan fingerprint density at radius 3 is 2.20 bits per heavy atom. The van der Waals surface area contributed by atoms with Gasteiger partial charge in [-0.25, -0.2) is 8.78 Å². The number of amides is 3. The number of rotatable bonds is 16. The third-order valence-electron chi connectivity index (χ3n) is 8.29. The lowest BCUT2D eigenvalue weighted by Gasteiger charge is -2.25. The zero-order valence-corrected chi connectivity index (χ0v) is 26.5. The molecule has 2 aromatic carbocycles. The summed E-state index contributed by atoms with van der Waals surface area (Å²) in [5.41, 5.74) is 1.66. The second kappa shape index (κ2) is 17.8. The van der Waals surface area contributed by atoms with E-state index in [2.05, 4.69) is 10.6 Å². The molecule has 0 bridgehead atoms. The van der Waals surface area contributed by atoms with Crippen LogP contribution in [0.5, 0.6) is 0 Å². The zero-order valence-electron chi connectivity index (χ0n) is 26.5. The minimum absolute atomic E-state index is 0.0321. The summed E-state index contributed by atoms with van der Waals surface area (Å²) >= 11 is 0. The Labute approximate surface area is 260 Å². The monoisotopic (exact) mass is 613 g/mol. The summed E-state index contributed by atoms with van der Waals surface area (Å²) in [6.45, 7) is 7.22. The van der Waals surface area contributed by atoms with E-state index in [1.807, 2.05) is 13.8 Å². The number of aliphatic hydroxyl groups is 1. The maximum Gasteiger partial charge on any atom is 0.253 e. The fraction of sp³-hybridized carbons (Fsp3) is 0.571. The molecule has 0 aromatic heterocycles. The fourth-order valence-corrected chi connectivity index (χ4v) is 6.05. The SMILES string of the molecule is CCCN(CCC)C(=O)c1cc(C)cc(C(=O)N[C@@H](Cc2cc(F)cc(F)c2)[C@@H](O)CCNC(=O)CCC2CCCCC2)c1. The number of halogens is 2. The Bertz CT molecular complexity index is 1220. The van der Waals surface area contributed by atoms with Gasteiger partial charge in [-0.1, -0.05) is 46.0 Å². The van der Waals surface area contributed by atoms with Crippen LogP contribution in [0.1, 0.15) is 110 Å². The summed E-state index contributed by atoms with van der Waals surface area (Å²) in [7, 11) is 0. The molecule has 1 aliphatic rings. The van der Waals surface area contributed by atoms with E-state index in [0.717, 1.165) is 30.9 Å². The Morgan fingerprint density at radius 1 is 0.932 bits per heavy atom. The van der Waals surface area contributed by atoms with E-state index in [9.17, 15) is 28.3 Å². The van der Waals surface area contributed by atoms with Crippen molar-refractivity contribution < 1.29 is 28.3 Å². The molecule has 2 atom stereocenters. The summed E-state index contributed by atoms with van der Waals surface area (Å²) in [6.07, 6.45) is 7.95. The van der Waals surface area contributed by atoms with Crippen molar-refractivity contribution in [3.63, 3.8) is 0 Å². The fourth-order valence-electron chi connectivity index (χ4n) is 6.05. The first-order valence-corrected chi connectivity index (χ1v) is 16.2. The van der Waals surface area contributed by atoms with Crippen LogP contribution in [0, 0.1) is 24.5 Å². The molecule has 9 heteroatoms. The lowest BCUT2D eigenvalue weighted by Crippen LogP contribution is -2.46. The maximum atomic E-state index is 14.0. The number of carbonyl (C=O) groups excluding carboxylic acids is 3. The van der Waals surface area contributed by atoms with Crippen molar-refractivity contribution in [2.24, 2.45) is 5.92 Å². The van der Waals surface area contributed by atoms with Gasteiger partial charge >= 0.3 is 0 Å². The van der Waals surface area contributed by atoms with E-state index < -0.39 is 29.7 Å². The molecule has 44 heavy (non-hydrogen) atoms. The molecule has 0 aliphatic heterocycles. The number of aryl methyl sites for hydroxylation is 1. The van der Waals surface area contributed by atoms with Crippen molar-refractivity contribution in [2.45, 2.75) is 104 Å². The van der Waals surface area contributed by atoms with E-state index in [1.165, 1.54) is 44.2 Å². The number of nitrogens with zero attached hydrogens (tertiary/aromatic N) is 1. The van der Waals surface area contributed by atoms with Crippen LogP contribution in [0.2, 0.25) is 0 Å². The van der Waals surface area contributed by atoms with Gasteiger partial charge in [-0.15, -0.1) is 0 Å². The molecule has 242 valence electrons. The van der Waals surface area contributed by atoms with Gasteiger partial charge in [0.15, 0.2) is 0 Å². The smallest absolute Gasteiger partial charge is 0.253 e. The Kier molecular flexibility index (Phi) is 14.2. The molecule has 2 aromatic rings. The number of benzene rings is 2. The quantitative estimate of drug-likeness (QED) is 0.213. The van der Waals surface area contributed by atoms with Gasteiger partial charge in [-0.2, -0.15) is 0 Å². The minimum atomic E-state index is -1.11. The second-order valence-electron chi connectivity index (χ2n) is 12.2. The molecular weight excluding hydrogens is 564 g/mol. The first kappa shape index (κ1) is 35.2. The summed E-state index contributed by atoms with van der Waals surface area (Å²) in [6, 6.07) is 7.15. The first-order valence-electron chi connectivity index (χ1n) is 16.2. The number of hydrogen-bond acceptors (Lipinski definition) is 4. The number of aliphatic hydroxyl groups excluding tert-OH is 1. The van der Waals surface area contributed by atoms with Gasteiger partial charge in [0.2, 0.25) is 5.91 Å². The molecule has 3 rings (SSSR count). The predicted molar refractivity (Wildman–Crippen MR) is 168 cm³/mol. The zero-order chi connectivity index (χ0) is 32.1. The van der Waals surface area contributed by atoms with E-state index >= 15 is 0 Å². The lowest BCUT2D eigenvalue weighted by atomic mass is 9.86. The molecule has 0 heterocycles. The van der Waals surface area contributed by atoms with Gasteiger partial charge in [0, 0.05) is 43.2 Å². The Morgan fingerprint density at radius 2 is 1.57 bits per heavy atom. The molecule has 1 saturated carbocycles. The minimum Gasteiger partial charge on any atom is -0.391 e. The topological polar surface area (TPSA) is 98.7 Å². The molecule has 1 aliphatic carbocycles.